The Hall–Kier alpha value is -0.880. The van der Waals surface area contributed by atoms with Crippen LogP contribution < -0.4 is 5.73 Å². The van der Waals surface area contributed by atoms with E-state index in [1.54, 1.807) is 6.26 Å². The van der Waals surface area contributed by atoms with E-state index in [2.05, 4.69) is 27.6 Å². The molecule has 0 aliphatic rings. The summed E-state index contributed by atoms with van der Waals surface area (Å²) in [4.78, 5) is 4.26. The summed E-state index contributed by atoms with van der Waals surface area (Å²) in [6.07, 6.45) is 1.60. The molecular formula is C10H9IN2O. The van der Waals surface area contributed by atoms with Gasteiger partial charge in [-0.05, 0) is 34.7 Å². The lowest BCUT2D eigenvalue weighted by Gasteiger charge is -1.97. The number of halogens is 1. The maximum absolute atomic E-state index is 5.45. The maximum atomic E-state index is 5.45. The third kappa shape index (κ3) is 1.80. The lowest BCUT2D eigenvalue weighted by atomic mass is 10.2. The van der Waals surface area contributed by atoms with Crippen LogP contribution >= 0.6 is 22.6 Å². The summed E-state index contributed by atoms with van der Waals surface area (Å²) in [5, 5.41) is 0. The molecule has 0 bridgehead atoms. The number of oxazole rings is 1. The molecule has 0 aliphatic carbocycles. The number of aromatic nitrogens is 1. The summed E-state index contributed by atoms with van der Waals surface area (Å²) in [7, 11) is 0. The monoisotopic (exact) mass is 300 g/mol. The molecule has 0 saturated heterocycles. The first-order chi connectivity index (χ1) is 6.81. The minimum atomic E-state index is 0.410. The van der Waals surface area contributed by atoms with E-state index in [1.807, 2.05) is 24.3 Å². The van der Waals surface area contributed by atoms with E-state index in [4.69, 9.17) is 10.2 Å². The Morgan fingerprint density at radius 1 is 1.36 bits per heavy atom. The van der Waals surface area contributed by atoms with Crippen LogP contribution in [0.25, 0.3) is 11.5 Å². The fourth-order valence-electron chi connectivity index (χ4n) is 1.16. The Morgan fingerprint density at radius 2 is 2.14 bits per heavy atom. The van der Waals surface area contributed by atoms with Crippen molar-refractivity contribution < 1.29 is 4.42 Å². The van der Waals surface area contributed by atoms with E-state index in [0.717, 1.165) is 14.8 Å². The lowest BCUT2D eigenvalue weighted by Crippen LogP contribution is -1.95. The van der Waals surface area contributed by atoms with Gasteiger partial charge in [0.05, 0.1) is 11.3 Å². The highest BCUT2D eigenvalue weighted by Crippen LogP contribution is 2.23. The number of hydrogen-bond acceptors (Lipinski definition) is 3. The fraction of sp³-hybridized carbons (Fsp3) is 0.100. The van der Waals surface area contributed by atoms with Crippen molar-refractivity contribution in [1.82, 2.24) is 4.98 Å². The quantitative estimate of drug-likeness (QED) is 0.867. The highest BCUT2D eigenvalue weighted by molar-refractivity contribution is 14.1. The number of rotatable bonds is 2. The van der Waals surface area contributed by atoms with Gasteiger partial charge in [0, 0.05) is 10.1 Å². The molecular weight excluding hydrogens is 291 g/mol. The minimum absolute atomic E-state index is 0.410. The average Bonchev–Trinajstić information content (AvgIpc) is 2.67. The summed E-state index contributed by atoms with van der Waals surface area (Å²) in [6.45, 7) is 0.410. The smallest absolute Gasteiger partial charge is 0.227 e. The van der Waals surface area contributed by atoms with Crippen molar-refractivity contribution in [2.24, 2.45) is 5.73 Å². The van der Waals surface area contributed by atoms with E-state index in [9.17, 15) is 0 Å². The van der Waals surface area contributed by atoms with Crippen LogP contribution in [0.3, 0.4) is 0 Å². The van der Waals surface area contributed by atoms with Gasteiger partial charge >= 0.3 is 0 Å². The van der Waals surface area contributed by atoms with Crippen LogP contribution in [0.15, 0.2) is 34.9 Å². The fourth-order valence-corrected chi connectivity index (χ4v) is 1.78. The van der Waals surface area contributed by atoms with Crippen molar-refractivity contribution in [2.45, 2.75) is 6.54 Å². The van der Waals surface area contributed by atoms with E-state index in [1.165, 1.54) is 0 Å². The molecule has 2 rings (SSSR count). The molecule has 72 valence electrons. The van der Waals surface area contributed by atoms with E-state index < -0.39 is 0 Å². The Balaban J connectivity index is 2.44. The van der Waals surface area contributed by atoms with Crippen molar-refractivity contribution in [2.75, 3.05) is 0 Å². The summed E-state index contributed by atoms with van der Waals surface area (Å²) in [5.41, 5.74) is 7.24. The average molecular weight is 300 g/mol. The number of benzene rings is 1. The normalized spacial score (nSPS) is 10.4. The van der Waals surface area contributed by atoms with Gasteiger partial charge in [-0.25, -0.2) is 4.98 Å². The Morgan fingerprint density at radius 3 is 2.79 bits per heavy atom. The molecule has 1 aromatic carbocycles. The molecule has 0 unspecified atom stereocenters. The minimum Gasteiger partial charge on any atom is -0.444 e. The van der Waals surface area contributed by atoms with E-state index >= 15 is 0 Å². The molecule has 2 N–H and O–H groups in total. The predicted octanol–water partition coefficient (Wildman–Crippen LogP) is 2.40. The largest absolute Gasteiger partial charge is 0.444 e. The molecule has 2 aromatic rings. The number of hydrogen-bond donors (Lipinski definition) is 1. The zero-order chi connectivity index (χ0) is 9.97. The molecule has 3 nitrogen and oxygen atoms in total. The van der Waals surface area contributed by atoms with Gasteiger partial charge < -0.3 is 10.2 Å². The standard InChI is InChI=1S/C10H9IN2O/c11-9-4-2-1-3-8(9)10-13-7(5-12)6-14-10/h1-4,6H,5,12H2. The highest BCUT2D eigenvalue weighted by atomic mass is 127. The highest BCUT2D eigenvalue weighted by Gasteiger charge is 2.08. The van der Waals surface area contributed by atoms with Crippen LogP contribution in [0.4, 0.5) is 0 Å². The van der Waals surface area contributed by atoms with Crippen molar-refractivity contribution >= 4 is 22.6 Å². The zero-order valence-electron chi connectivity index (χ0n) is 7.40. The van der Waals surface area contributed by atoms with Gasteiger partial charge in [-0.2, -0.15) is 0 Å². The molecule has 14 heavy (non-hydrogen) atoms. The predicted molar refractivity (Wildman–Crippen MR) is 62.5 cm³/mol. The first-order valence-corrected chi connectivity index (χ1v) is 5.28. The van der Waals surface area contributed by atoms with E-state index in [-0.39, 0.29) is 0 Å². The van der Waals surface area contributed by atoms with Gasteiger partial charge in [0.15, 0.2) is 0 Å². The molecule has 1 aromatic heterocycles. The van der Waals surface area contributed by atoms with E-state index in [0.29, 0.717) is 12.4 Å². The van der Waals surface area contributed by atoms with Crippen LogP contribution in [0.2, 0.25) is 0 Å². The zero-order valence-corrected chi connectivity index (χ0v) is 9.56. The van der Waals surface area contributed by atoms with Crippen molar-refractivity contribution in [3.63, 3.8) is 0 Å². The Kier molecular flexibility index (Phi) is 2.83. The molecule has 0 radical (unpaired) electrons. The molecule has 4 heteroatoms. The van der Waals surface area contributed by atoms with Crippen LogP contribution in [0, 0.1) is 3.57 Å². The second-order valence-electron chi connectivity index (χ2n) is 2.83. The van der Waals surface area contributed by atoms with Crippen LogP contribution in [0.5, 0.6) is 0 Å². The summed E-state index contributed by atoms with van der Waals surface area (Å²) in [5.74, 6) is 0.635. The summed E-state index contributed by atoms with van der Waals surface area (Å²) >= 11 is 2.25. The first kappa shape index (κ1) is 9.67. The third-order valence-electron chi connectivity index (χ3n) is 1.87. The summed E-state index contributed by atoms with van der Waals surface area (Å²) in [6, 6.07) is 7.94. The second-order valence-corrected chi connectivity index (χ2v) is 3.99. The van der Waals surface area contributed by atoms with Gasteiger partial charge in [0.1, 0.15) is 6.26 Å². The Labute approximate surface area is 95.5 Å². The van der Waals surface area contributed by atoms with Crippen LogP contribution in [-0.4, -0.2) is 4.98 Å². The van der Waals surface area contributed by atoms with Crippen molar-refractivity contribution in [3.05, 3.63) is 39.8 Å². The molecule has 0 fully saturated rings. The SMILES string of the molecule is NCc1coc(-c2ccccc2I)n1. The maximum Gasteiger partial charge on any atom is 0.227 e. The number of nitrogens with zero attached hydrogens (tertiary/aromatic N) is 1. The van der Waals surface area contributed by atoms with Gasteiger partial charge in [0.25, 0.3) is 0 Å². The molecule has 0 spiro atoms. The molecule has 1 heterocycles. The molecule has 0 saturated carbocycles. The van der Waals surface area contributed by atoms with Crippen molar-refractivity contribution in [1.29, 1.82) is 0 Å². The second kappa shape index (κ2) is 4.10. The van der Waals surface area contributed by atoms with Gasteiger partial charge in [-0.1, -0.05) is 12.1 Å². The van der Waals surface area contributed by atoms with Gasteiger partial charge in [-0.3, -0.25) is 0 Å². The van der Waals surface area contributed by atoms with Gasteiger partial charge in [-0.15, -0.1) is 0 Å². The Bertz CT molecular complexity index is 439. The first-order valence-electron chi connectivity index (χ1n) is 4.20. The third-order valence-corrected chi connectivity index (χ3v) is 2.81. The number of nitrogens with two attached hydrogens (primary N) is 1. The molecule has 0 amide bonds. The summed E-state index contributed by atoms with van der Waals surface area (Å²) < 4.78 is 6.45. The molecule has 0 atom stereocenters. The van der Waals surface area contributed by atoms with Crippen LogP contribution in [-0.2, 0) is 6.54 Å². The van der Waals surface area contributed by atoms with Crippen LogP contribution in [0.1, 0.15) is 5.69 Å². The van der Waals surface area contributed by atoms with Crippen molar-refractivity contribution in [3.8, 4) is 11.5 Å². The topological polar surface area (TPSA) is 52.0 Å². The van der Waals surface area contributed by atoms with Gasteiger partial charge in [0.2, 0.25) is 5.89 Å². The lowest BCUT2D eigenvalue weighted by molar-refractivity contribution is 0.572. The molecule has 0 aliphatic heterocycles.